The van der Waals surface area contributed by atoms with Gasteiger partial charge in [0.15, 0.2) is 0 Å². The van der Waals surface area contributed by atoms with Gasteiger partial charge in [0.1, 0.15) is 11.7 Å². The molecule has 0 spiro atoms. The normalized spacial score (nSPS) is 11.5. The number of hydrogen-bond acceptors (Lipinski definition) is 4. The van der Waals surface area contributed by atoms with Gasteiger partial charge < -0.3 is 10.3 Å². The highest BCUT2D eigenvalue weighted by Crippen LogP contribution is 2.20. The molecule has 0 fully saturated rings. The third-order valence-electron chi connectivity index (χ3n) is 5.04. The highest BCUT2D eigenvalue weighted by atomic mass is 35.5. The van der Waals surface area contributed by atoms with Gasteiger partial charge in [-0.15, -0.1) is 0 Å². The molecule has 2 aromatic heterocycles. The van der Waals surface area contributed by atoms with Crippen molar-refractivity contribution in [2.45, 2.75) is 12.5 Å². The predicted octanol–water partition coefficient (Wildman–Crippen LogP) is 3.02. The summed E-state index contributed by atoms with van der Waals surface area (Å²) >= 11 is 6.14. The molecule has 1 atom stereocenters. The molecule has 9 heteroatoms. The molecular weight excluding hydrogens is 442 g/mol. The minimum absolute atomic E-state index is 0.145. The molecule has 0 saturated carbocycles. The second kappa shape index (κ2) is 9.97. The summed E-state index contributed by atoms with van der Waals surface area (Å²) in [4.78, 5) is 45.2. The van der Waals surface area contributed by atoms with Gasteiger partial charge in [-0.25, -0.2) is 0 Å². The summed E-state index contributed by atoms with van der Waals surface area (Å²) in [5, 5.41) is 3.92. The molecule has 4 rings (SSSR count). The number of rotatable bonds is 6. The van der Waals surface area contributed by atoms with Gasteiger partial charge in [-0.2, -0.15) is 0 Å². The van der Waals surface area contributed by atoms with Crippen molar-refractivity contribution in [2.24, 2.45) is 0 Å². The summed E-state index contributed by atoms with van der Waals surface area (Å²) in [7, 11) is 0. The summed E-state index contributed by atoms with van der Waals surface area (Å²) < 4.78 is 0. The number of para-hydroxylation sites is 1. The van der Waals surface area contributed by atoms with Crippen LogP contribution in [-0.2, 0) is 11.2 Å². The van der Waals surface area contributed by atoms with Gasteiger partial charge in [0.2, 0.25) is 0 Å². The smallest absolute Gasteiger partial charge is 0.288 e. The molecule has 0 unspecified atom stereocenters. The zero-order chi connectivity index (χ0) is 23.2. The van der Waals surface area contributed by atoms with Crippen LogP contribution in [0, 0.1) is 0 Å². The van der Waals surface area contributed by atoms with Crippen LogP contribution in [0.3, 0.4) is 0 Å². The Kier molecular flexibility index (Phi) is 6.66. The van der Waals surface area contributed by atoms with Crippen molar-refractivity contribution in [3.05, 3.63) is 101 Å². The fourth-order valence-corrected chi connectivity index (χ4v) is 3.60. The van der Waals surface area contributed by atoms with Crippen LogP contribution in [0.1, 0.15) is 26.4 Å². The summed E-state index contributed by atoms with van der Waals surface area (Å²) in [6, 6.07) is 18.1. The maximum absolute atomic E-state index is 13.0. The zero-order valence-electron chi connectivity index (χ0n) is 17.3. The summed E-state index contributed by atoms with van der Waals surface area (Å²) in [6.07, 6.45) is 3.45. The van der Waals surface area contributed by atoms with Crippen molar-refractivity contribution in [3.8, 4) is 0 Å². The molecule has 3 amide bonds. The molecule has 0 bridgehead atoms. The fraction of sp³-hybridized carbons (Fsp3) is 0.0833. The number of H-pyrrole nitrogens is 1. The lowest BCUT2D eigenvalue weighted by atomic mass is 10.0. The molecule has 0 aliphatic heterocycles. The number of fused-ring (bicyclic) bond motifs is 1. The highest BCUT2D eigenvalue weighted by molar-refractivity contribution is 6.33. The number of carbonyl (C=O) groups is 3. The van der Waals surface area contributed by atoms with Crippen LogP contribution in [0.2, 0.25) is 5.02 Å². The van der Waals surface area contributed by atoms with E-state index >= 15 is 0 Å². The van der Waals surface area contributed by atoms with Crippen LogP contribution >= 0.6 is 11.6 Å². The molecule has 0 aliphatic rings. The third kappa shape index (κ3) is 5.19. The van der Waals surface area contributed by atoms with Crippen molar-refractivity contribution in [3.63, 3.8) is 0 Å². The lowest BCUT2D eigenvalue weighted by Crippen LogP contribution is -2.53. The Morgan fingerprint density at radius 3 is 2.45 bits per heavy atom. The molecule has 0 aliphatic carbocycles. The molecule has 4 N–H and O–H groups in total. The van der Waals surface area contributed by atoms with Crippen molar-refractivity contribution >= 4 is 40.2 Å². The van der Waals surface area contributed by atoms with E-state index in [0.29, 0.717) is 0 Å². The van der Waals surface area contributed by atoms with Crippen LogP contribution in [0.25, 0.3) is 10.9 Å². The van der Waals surface area contributed by atoms with Crippen molar-refractivity contribution in [1.29, 1.82) is 0 Å². The largest absolute Gasteiger partial charge is 0.361 e. The first-order valence-electron chi connectivity index (χ1n) is 10.1. The number of benzene rings is 2. The average Bonchev–Trinajstić information content (AvgIpc) is 3.25. The minimum atomic E-state index is -0.989. The second-order valence-electron chi connectivity index (χ2n) is 7.23. The standard InChI is InChI=1S/C24H20ClN5O3/c25-18-9-3-1-8-17(18)22(31)28-21(13-15-14-27-19-10-4-2-7-16(15)19)24(33)30-29-23(32)20-11-5-6-12-26-20/h1-12,14,21,27H,13H2,(H,28,31)(H,29,32)(H,30,33)/t21-/m0/s1. The first kappa shape index (κ1) is 22.0. The number of amides is 3. The van der Waals surface area contributed by atoms with Crippen molar-refractivity contribution < 1.29 is 14.4 Å². The van der Waals surface area contributed by atoms with E-state index in [0.717, 1.165) is 16.5 Å². The van der Waals surface area contributed by atoms with Gasteiger partial charge >= 0.3 is 0 Å². The summed E-state index contributed by atoms with van der Waals surface area (Å²) in [5.41, 5.74) is 6.84. The first-order chi connectivity index (χ1) is 16.0. The Labute approximate surface area is 194 Å². The number of hydrazine groups is 1. The summed E-state index contributed by atoms with van der Waals surface area (Å²) in [6.45, 7) is 0. The molecule has 8 nitrogen and oxygen atoms in total. The van der Waals surface area contributed by atoms with Crippen molar-refractivity contribution in [2.75, 3.05) is 0 Å². The molecule has 33 heavy (non-hydrogen) atoms. The molecule has 0 radical (unpaired) electrons. The lowest BCUT2D eigenvalue weighted by Gasteiger charge is -2.19. The van der Waals surface area contributed by atoms with Gasteiger partial charge in [0.25, 0.3) is 17.7 Å². The average molecular weight is 462 g/mol. The molecule has 2 aromatic carbocycles. The fourth-order valence-electron chi connectivity index (χ4n) is 3.38. The maximum Gasteiger partial charge on any atom is 0.288 e. The van der Waals surface area contributed by atoms with Crippen LogP contribution in [0.15, 0.2) is 79.1 Å². The van der Waals surface area contributed by atoms with Gasteiger partial charge in [-0.05, 0) is 35.9 Å². The van der Waals surface area contributed by atoms with Gasteiger partial charge in [-0.1, -0.05) is 48.0 Å². The lowest BCUT2D eigenvalue weighted by molar-refractivity contribution is -0.123. The second-order valence-corrected chi connectivity index (χ2v) is 7.64. The number of carbonyl (C=O) groups excluding carboxylic acids is 3. The topological polar surface area (TPSA) is 116 Å². The van der Waals surface area contributed by atoms with E-state index < -0.39 is 23.8 Å². The van der Waals surface area contributed by atoms with Crippen LogP contribution in [0.5, 0.6) is 0 Å². The Bertz CT molecular complexity index is 1310. The number of hydrogen-bond donors (Lipinski definition) is 4. The number of aromatic nitrogens is 2. The molecule has 166 valence electrons. The number of nitrogens with zero attached hydrogens (tertiary/aromatic N) is 1. The van der Waals surface area contributed by atoms with E-state index in [4.69, 9.17) is 11.6 Å². The Balaban J connectivity index is 1.53. The molecule has 0 saturated heterocycles. The van der Waals surface area contributed by atoms with Gasteiger partial charge in [0.05, 0.1) is 10.6 Å². The minimum Gasteiger partial charge on any atom is -0.361 e. The number of nitrogens with one attached hydrogen (secondary N) is 4. The molecule has 2 heterocycles. The highest BCUT2D eigenvalue weighted by Gasteiger charge is 2.24. The first-order valence-corrected chi connectivity index (χ1v) is 10.5. The van der Waals surface area contributed by atoms with E-state index in [2.05, 4.69) is 26.1 Å². The van der Waals surface area contributed by atoms with Crippen molar-refractivity contribution in [1.82, 2.24) is 26.1 Å². The van der Waals surface area contributed by atoms with Crippen LogP contribution in [0.4, 0.5) is 0 Å². The van der Waals surface area contributed by atoms with E-state index in [-0.39, 0.29) is 22.7 Å². The number of halogens is 1. The molecule has 4 aromatic rings. The SMILES string of the molecule is O=C(NNC(=O)[C@H](Cc1c[nH]c2ccccc12)NC(=O)c1ccccc1Cl)c1ccccn1. The number of aromatic amines is 1. The maximum atomic E-state index is 13.0. The van der Waals surface area contributed by atoms with Gasteiger partial charge in [0, 0.05) is 29.7 Å². The van der Waals surface area contributed by atoms with Gasteiger partial charge in [-0.3, -0.25) is 30.2 Å². The monoisotopic (exact) mass is 461 g/mol. The summed E-state index contributed by atoms with van der Waals surface area (Å²) in [5.74, 6) is -1.67. The van der Waals surface area contributed by atoms with E-state index in [1.54, 1.807) is 42.6 Å². The van der Waals surface area contributed by atoms with E-state index in [1.165, 1.54) is 12.3 Å². The van der Waals surface area contributed by atoms with E-state index in [9.17, 15) is 14.4 Å². The van der Waals surface area contributed by atoms with Crippen LogP contribution < -0.4 is 16.2 Å². The molecular formula is C24H20ClN5O3. The predicted molar refractivity (Wildman–Crippen MR) is 125 cm³/mol. The Hall–Kier alpha value is -4.17. The van der Waals surface area contributed by atoms with Crippen LogP contribution in [-0.4, -0.2) is 33.7 Å². The Morgan fingerprint density at radius 1 is 0.909 bits per heavy atom. The zero-order valence-corrected chi connectivity index (χ0v) is 18.1. The Morgan fingerprint density at radius 2 is 1.67 bits per heavy atom. The quantitative estimate of drug-likeness (QED) is 0.330. The van der Waals surface area contributed by atoms with E-state index in [1.807, 2.05) is 24.3 Å². The third-order valence-corrected chi connectivity index (χ3v) is 5.37. The number of pyridine rings is 1.